The van der Waals surface area contributed by atoms with Crippen LogP contribution in [0.25, 0.3) is 23.1 Å². The van der Waals surface area contributed by atoms with Gasteiger partial charge in [-0.25, -0.2) is 0 Å². The molecule has 0 atom stereocenters. The Morgan fingerprint density at radius 1 is 0.850 bits per heavy atom. The molecule has 0 aliphatic rings. The second-order valence-electron chi connectivity index (χ2n) is 9.12. The van der Waals surface area contributed by atoms with Gasteiger partial charge in [0.1, 0.15) is 31.3 Å². The number of halogens is 1. The number of aryl methyl sites for hydroxylation is 1. The summed E-state index contributed by atoms with van der Waals surface area (Å²) in [7, 11) is 0. The molecule has 206 valence electrons. The van der Waals surface area contributed by atoms with Gasteiger partial charge in [-0.2, -0.15) is 0 Å². The van der Waals surface area contributed by atoms with E-state index in [0.29, 0.717) is 36.8 Å². The van der Waals surface area contributed by atoms with Gasteiger partial charge < -0.3 is 24.3 Å². The maximum Gasteiger partial charge on any atom is 0.323 e. The third-order valence-electron chi connectivity index (χ3n) is 6.15. The highest BCUT2D eigenvalue weighted by molar-refractivity contribution is 6.30. The predicted octanol–water partition coefficient (Wildman–Crippen LogP) is 6.97. The van der Waals surface area contributed by atoms with Gasteiger partial charge in [-0.15, -0.1) is 0 Å². The summed E-state index contributed by atoms with van der Waals surface area (Å²) in [4.78, 5) is 22.4. The summed E-state index contributed by atoms with van der Waals surface area (Å²) < 4.78 is 13.1. The van der Waals surface area contributed by atoms with E-state index in [9.17, 15) is 14.7 Å². The Hall–Kier alpha value is -4.49. The van der Waals surface area contributed by atoms with Crippen molar-refractivity contribution in [2.24, 2.45) is 0 Å². The van der Waals surface area contributed by atoms with E-state index in [1.807, 2.05) is 85.1 Å². The van der Waals surface area contributed by atoms with Gasteiger partial charge in [0.25, 0.3) is 0 Å². The van der Waals surface area contributed by atoms with E-state index < -0.39 is 11.9 Å². The lowest BCUT2D eigenvalue weighted by molar-refractivity contribution is -0.138. The molecule has 0 aliphatic carbocycles. The van der Waals surface area contributed by atoms with Crippen LogP contribution in [0.2, 0.25) is 5.02 Å². The summed E-state index contributed by atoms with van der Waals surface area (Å²) >= 11 is 5.95. The largest absolute Gasteiger partial charge is 0.490 e. The van der Waals surface area contributed by atoms with Crippen LogP contribution in [0.1, 0.15) is 29.5 Å². The van der Waals surface area contributed by atoms with Crippen molar-refractivity contribution >= 4 is 46.6 Å². The summed E-state index contributed by atoms with van der Waals surface area (Å²) in [5.41, 5.74) is 3.61. The fourth-order valence-electron chi connectivity index (χ4n) is 4.34. The Morgan fingerprint density at radius 3 is 2.27 bits per heavy atom. The number of hydrogen-bond donors (Lipinski definition) is 2. The zero-order valence-electron chi connectivity index (χ0n) is 21.8. The number of carbonyl (C=O) groups is 2. The van der Waals surface area contributed by atoms with Crippen LogP contribution in [0, 0.1) is 0 Å². The molecule has 1 aromatic heterocycles. The average Bonchev–Trinajstić information content (AvgIpc) is 3.27. The fourth-order valence-corrected chi connectivity index (χ4v) is 4.52. The van der Waals surface area contributed by atoms with Crippen LogP contribution in [-0.4, -0.2) is 39.9 Å². The topological polar surface area (TPSA) is 98.0 Å². The van der Waals surface area contributed by atoms with Crippen LogP contribution in [0.5, 0.6) is 11.5 Å². The molecule has 0 spiro atoms. The van der Waals surface area contributed by atoms with Gasteiger partial charge in [-0.05, 0) is 72.0 Å². The number of para-hydroxylation sites is 1. The summed E-state index contributed by atoms with van der Waals surface area (Å²) in [5.74, 6) is -0.331. The number of rotatable bonds is 14. The van der Waals surface area contributed by atoms with Crippen molar-refractivity contribution in [3.05, 3.63) is 107 Å². The van der Waals surface area contributed by atoms with Gasteiger partial charge in [0.15, 0.2) is 0 Å². The van der Waals surface area contributed by atoms with Crippen LogP contribution in [0.15, 0.2) is 85.1 Å². The number of nitrogens with zero attached hydrogens (tertiary/aromatic N) is 1. The lowest BCUT2D eigenvalue weighted by Gasteiger charge is -2.06. The minimum absolute atomic E-state index is 0.0690. The lowest BCUT2D eigenvalue weighted by Crippen LogP contribution is -2.07. The normalized spacial score (nSPS) is 11.4. The first-order valence-electron chi connectivity index (χ1n) is 12.9. The molecule has 0 radical (unpaired) electrons. The molecule has 0 unspecified atom stereocenters. The molecule has 0 bridgehead atoms. The Labute approximate surface area is 237 Å². The fraction of sp³-hybridized carbons (Fsp3) is 0.188. The van der Waals surface area contributed by atoms with Crippen LogP contribution >= 0.6 is 11.6 Å². The van der Waals surface area contributed by atoms with E-state index in [1.165, 1.54) is 0 Å². The lowest BCUT2D eigenvalue weighted by atomic mass is 10.0. The Kier molecular flexibility index (Phi) is 10.0. The second kappa shape index (κ2) is 14.1. The van der Waals surface area contributed by atoms with Crippen LogP contribution in [0.3, 0.4) is 0 Å². The molecule has 0 saturated heterocycles. The van der Waals surface area contributed by atoms with Gasteiger partial charge in [0.2, 0.25) is 0 Å². The summed E-state index contributed by atoms with van der Waals surface area (Å²) in [6.45, 7) is 0.652. The van der Waals surface area contributed by atoms with Gasteiger partial charge in [-0.3, -0.25) is 9.59 Å². The Balaban J connectivity index is 1.38. The quantitative estimate of drug-likeness (QED) is 0.128. The summed E-state index contributed by atoms with van der Waals surface area (Å²) in [6, 6.07) is 20.8. The molecule has 0 aliphatic heterocycles. The molecule has 2 N–H and O–H groups in total. The number of carboxylic acid groups (broad SMARTS) is 2. The zero-order valence-corrected chi connectivity index (χ0v) is 22.6. The highest BCUT2D eigenvalue weighted by Crippen LogP contribution is 2.28. The maximum absolute atomic E-state index is 11.5. The molecule has 3 aromatic carbocycles. The number of fused-ring (bicyclic) bond motifs is 1. The first-order chi connectivity index (χ1) is 19.4. The van der Waals surface area contributed by atoms with Crippen molar-refractivity contribution in [1.29, 1.82) is 0 Å². The molecule has 4 rings (SSSR count). The molecule has 7 nitrogen and oxygen atoms in total. The molecule has 0 saturated carbocycles. The second-order valence-corrected chi connectivity index (χ2v) is 9.56. The van der Waals surface area contributed by atoms with Crippen LogP contribution in [0.4, 0.5) is 0 Å². The zero-order chi connectivity index (χ0) is 28.3. The van der Waals surface area contributed by atoms with Gasteiger partial charge >= 0.3 is 11.9 Å². The van der Waals surface area contributed by atoms with E-state index in [1.54, 1.807) is 16.7 Å². The van der Waals surface area contributed by atoms with Gasteiger partial charge in [0.05, 0.1) is 5.52 Å². The standard InChI is InChI=1S/C32H30ClNO6/c33-26-8-5-9-28(20-26)40-19-2-1-18-39-27-16-13-23(14-17-27)12-15-24-6-3-10-29-25(7-4-11-30(35)36)21-34(32(24)29)22-31(37)38/h1-3,5-6,8-10,12-17,20-21H,4,7,11,18-19,22H2,(H,35,36)(H,37,38)/b2-1+,15-12?. The third-order valence-corrected chi connectivity index (χ3v) is 6.38. The van der Waals surface area contributed by atoms with Crippen LogP contribution < -0.4 is 9.47 Å². The van der Waals surface area contributed by atoms with Crippen molar-refractivity contribution < 1.29 is 29.3 Å². The minimum atomic E-state index is -0.938. The van der Waals surface area contributed by atoms with Gasteiger partial charge in [0, 0.05) is 23.0 Å². The highest BCUT2D eigenvalue weighted by Gasteiger charge is 2.13. The van der Waals surface area contributed by atoms with E-state index in [2.05, 4.69) is 0 Å². The molecule has 8 heteroatoms. The smallest absolute Gasteiger partial charge is 0.323 e. The van der Waals surface area contributed by atoms with Crippen molar-refractivity contribution in [1.82, 2.24) is 4.57 Å². The molecule has 0 fully saturated rings. The Bertz CT molecular complexity index is 1520. The molecular weight excluding hydrogens is 530 g/mol. The summed E-state index contributed by atoms with van der Waals surface area (Å²) in [6.07, 6.45) is 10.6. The van der Waals surface area contributed by atoms with E-state index >= 15 is 0 Å². The first kappa shape index (κ1) is 28.5. The van der Waals surface area contributed by atoms with Crippen LogP contribution in [-0.2, 0) is 22.6 Å². The predicted molar refractivity (Wildman–Crippen MR) is 157 cm³/mol. The van der Waals surface area contributed by atoms with Crippen molar-refractivity contribution in [2.45, 2.75) is 25.8 Å². The molecule has 1 heterocycles. The number of hydrogen-bond acceptors (Lipinski definition) is 4. The number of aromatic nitrogens is 1. The average molecular weight is 560 g/mol. The number of benzene rings is 3. The SMILES string of the molecule is O=C(O)CCCc1cn(CC(=O)O)c2c(C=Cc3ccc(OC/C=C/COc4cccc(Cl)c4)cc3)cccc12. The maximum atomic E-state index is 11.5. The molecule has 40 heavy (non-hydrogen) atoms. The molecular formula is C32H30ClNO6. The third kappa shape index (κ3) is 8.25. The highest BCUT2D eigenvalue weighted by atomic mass is 35.5. The minimum Gasteiger partial charge on any atom is -0.490 e. The van der Waals surface area contributed by atoms with Gasteiger partial charge in [-0.1, -0.05) is 60.2 Å². The molecule has 4 aromatic rings. The Morgan fingerprint density at radius 2 is 1.57 bits per heavy atom. The van der Waals surface area contributed by atoms with E-state index in [-0.39, 0.29) is 13.0 Å². The monoisotopic (exact) mass is 559 g/mol. The van der Waals surface area contributed by atoms with Crippen molar-refractivity contribution in [2.75, 3.05) is 13.2 Å². The molecule has 0 amide bonds. The van der Waals surface area contributed by atoms with Crippen molar-refractivity contribution in [3.8, 4) is 11.5 Å². The number of aliphatic carboxylic acids is 2. The number of ether oxygens (including phenoxy) is 2. The number of carboxylic acids is 2. The van der Waals surface area contributed by atoms with E-state index in [0.717, 1.165) is 33.3 Å². The van der Waals surface area contributed by atoms with E-state index in [4.69, 9.17) is 26.2 Å². The van der Waals surface area contributed by atoms with Crippen molar-refractivity contribution in [3.63, 3.8) is 0 Å². The summed E-state index contributed by atoms with van der Waals surface area (Å²) in [5, 5.41) is 20.0. The first-order valence-corrected chi connectivity index (χ1v) is 13.3.